The second-order valence-electron chi connectivity index (χ2n) is 2.98. The summed E-state index contributed by atoms with van der Waals surface area (Å²) in [6.07, 6.45) is 0.914. The summed E-state index contributed by atoms with van der Waals surface area (Å²) in [4.78, 5) is 4.39. The summed E-state index contributed by atoms with van der Waals surface area (Å²) in [5.74, 6) is 2.18. The molecule has 1 rings (SSSR count). The van der Waals surface area contributed by atoms with Gasteiger partial charge in [-0.2, -0.15) is 11.8 Å². The highest BCUT2D eigenvalue weighted by molar-refractivity contribution is 7.99. The minimum absolute atomic E-state index is 0.256. The van der Waals surface area contributed by atoms with Crippen molar-refractivity contribution in [3.8, 4) is 0 Å². The van der Waals surface area contributed by atoms with Crippen LogP contribution in [0.3, 0.4) is 0 Å². The van der Waals surface area contributed by atoms with Crippen molar-refractivity contribution in [2.75, 3.05) is 11.5 Å². The molecule has 0 fully saturated rings. The Morgan fingerprint density at radius 3 is 3.00 bits per heavy atom. The number of aryl methyl sites for hydroxylation is 1. The lowest BCUT2D eigenvalue weighted by Gasteiger charge is -2.07. The first kappa shape index (κ1) is 11.0. The Bertz CT molecular complexity index is 248. The topological polar surface area (TPSA) is 38.9 Å². The molecule has 0 aromatic carbocycles. The molecule has 0 bridgehead atoms. The average molecular weight is 216 g/mol. The quantitative estimate of drug-likeness (QED) is 0.819. The van der Waals surface area contributed by atoms with E-state index in [9.17, 15) is 0 Å². The van der Waals surface area contributed by atoms with Gasteiger partial charge in [-0.05, 0) is 12.7 Å². The molecule has 1 aromatic rings. The number of hydrogen-bond acceptors (Lipinski definition) is 4. The van der Waals surface area contributed by atoms with Crippen LogP contribution < -0.4 is 5.73 Å². The van der Waals surface area contributed by atoms with Crippen molar-refractivity contribution in [1.82, 2.24) is 4.98 Å². The highest BCUT2D eigenvalue weighted by Gasteiger charge is 2.05. The fraction of sp³-hybridized carbons (Fsp3) is 0.667. The first-order valence-electron chi connectivity index (χ1n) is 4.46. The molecule has 0 spiro atoms. The predicted molar refractivity (Wildman–Crippen MR) is 61.5 cm³/mol. The number of aromatic nitrogens is 1. The minimum atomic E-state index is 0.256. The Morgan fingerprint density at radius 1 is 1.69 bits per heavy atom. The molecule has 2 nitrogen and oxygen atoms in total. The average Bonchev–Trinajstić information content (AvgIpc) is 2.48. The zero-order chi connectivity index (χ0) is 9.68. The monoisotopic (exact) mass is 216 g/mol. The number of hydrogen-bond donors (Lipinski definition) is 1. The fourth-order valence-electron chi connectivity index (χ4n) is 1.10. The van der Waals surface area contributed by atoms with Gasteiger partial charge in [0.15, 0.2) is 0 Å². The lowest BCUT2D eigenvalue weighted by Crippen LogP contribution is -2.25. The number of thioether (sulfide) groups is 1. The van der Waals surface area contributed by atoms with Gasteiger partial charge in [-0.15, -0.1) is 11.3 Å². The SMILES string of the molecule is CCSCC(N)Cc1csc(C)n1. The van der Waals surface area contributed by atoms with E-state index in [1.165, 1.54) is 0 Å². The summed E-state index contributed by atoms with van der Waals surface area (Å²) in [6.45, 7) is 4.19. The molecule has 0 aliphatic carbocycles. The van der Waals surface area contributed by atoms with E-state index in [0.717, 1.165) is 28.6 Å². The summed E-state index contributed by atoms with van der Waals surface area (Å²) in [6, 6.07) is 0.256. The van der Waals surface area contributed by atoms with Gasteiger partial charge in [0.05, 0.1) is 10.7 Å². The van der Waals surface area contributed by atoms with Crippen molar-refractivity contribution in [3.05, 3.63) is 16.1 Å². The van der Waals surface area contributed by atoms with Crippen LogP contribution in [0.2, 0.25) is 0 Å². The standard InChI is InChI=1S/C9H16N2S2/c1-3-12-5-8(10)4-9-6-13-7(2)11-9/h6,8H,3-5,10H2,1-2H3. The first-order chi connectivity index (χ1) is 6.22. The van der Waals surface area contributed by atoms with E-state index in [1.54, 1.807) is 11.3 Å². The third-order valence-electron chi connectivity index (χ3n) is 1.67. The minimum Gasteiger partial charge on any atom is -0.327 e. The number of thiazole rings is 1. The van der Waals surface area contributed by atoms with Gasteiger partial charge < -0.3 is 5.73 Å². The van der Waals surface area contributed by atoms with E-state index >= 15 is 0 Å². The van der Waals surface area contributed by atoms with E-state index in [4.69, 9.17) is 5.73 Å². The maximum absolute atomic E-state index is 5.94. The molecule has 0 saturated carbocycles. The van der Waals surface area contributed by atoms with Gasteiger partial charge in [0.1, 0.15) is 0 Å². The largest absolute Gasteiger partial charge is 0.327 e. The molecule has 0 aliphatic heterocycles. The summed E-state index contributed by atoms with van der Waals surface area (Å²) in [7, 11) is 0. The lowest BCUT2D eigenvalue weighted by atomic mass is 10.2. The Hall–Kier alpha value is -0.0600. The predicted octanol–water partition coefficient (Wildman–Crippen LogP) is 2.07. The normalized spacial score (nSPS) is 13.2. The van der Waals surface area contributed by atoms with E-state index in [1.807, 2.05) is 18.7 Å². The molecule has 0 radical (unpaired) electrons. The van der Waals surface area contributed by atoms with E-state index in [-0.39, 0.29) is 6.04 Å². The molecule has 2 N–H and O–H groups in total. The van der Waals surface area contributed by atoms with Crippen molar-refractivity contribution in [2.45, 2.75) is 26.3 Å². The smallest absolute Gasteiger partial charge is 0.0897 e. The molecule has 1 aromatic heterocycles. The second kappa shape index (κ2) is 5.62. The van der Waals surface area contributed by atoms with Crippen molar-refractivity contribution in [3.63, 3.8) is 0 Å². The van der Waals surface area contributed by atoms with Crippen molar-refractivity contribution < 1.29 is 0 Å². The maximum atomic E-state index is 5.94. The molecule has 1 heterocycles. The Balaban J connectivity index is 2.31. The molecule has 74 valence electrons. The van der Waals surface area contributed by atoms with E-state index in [2.05, 4.69) is 17.3 Å². The van der Waals surface area contributed by atoms with E-state index in [0.29, 0.717) is 0 Å². The molecule has 1 unspecified atom stereocenters. The van der Waals surface area contributed by atoms with Gasteiger partial charge in [0, 0.05) is 23.6 Å². The van der Waals surface area contributed by atoms with Crippen LogP contribution in [0, 0.1) is 6.92 Å². The van der Waals surface area contributed by atoms with Gasteiger partial charge in [0.25, 0.3) is 0 Å². The van der Waals surface area contributed by atoms with Crippen LogP contribution in [0.1, 0.15) is 17.6 Å². The molecular formula is C9H16N2S2. The third kappa shape index (κ3) is 4.11. The Labute approximate surface area is 87.9 Å². The molecule has 0 amide bonds. The summed E-state index contributed by atoms with van der Waals surface area (Å²) in [5.41, 5.74) is 7.09. The van der Waals surface area contributed by atoms with Gasteiger partial charge in [-0.3, -0.25) is 0 Å². The zero-order valence-electron chi connectivity index (χ0n) is 8.12. The molecule has 13 heavy (non-hydrogen) atoms. The summed E-state index contributed by atoms with van der Waals surface area (Å²) >= 11 is 3.59. The Morgan fingerprint density at radius 2 is 2.46 bits per heavy atom. The molecule has 0 aliphatic rings. The number of rotatable bonds is 5. The molecular weight excluding hydrogens is 200 g/mol. The molecule has 0 saturated heterocycles. The molecule has 4 heteroatoms. The highest BCUT2D eigenvalue weighted by atomic mass is 32.2. The Kier molecular flexibility index (Phi) is 4.77. The summed E-state index contributed by atoms with van der Waals surface area (Å²) in [5, 5.41) is 3.23. The maximum Gasteiger partial charge on any atom is 0.0897 e. The lowest BCUT2D eigenvalue weighted by molar-refractivity contribution is 0.734. The van der Waals surface area contributed by atoms with Crippen LogP contribution in [0.15, 0.2) is 5.38 Å². The van der Waals surface area contributed by atoms with Crippen molar-refractivity contribution in [1.29, 1.82) is 0 Å². The van der Waals surface area contributed by atoms with Crippen LogP contribution in [0.4, 0.5) is 0 Å². The van der Waals surface area contributed by atoms with Crippen LogP contribution >= 0.6 is 23.1 Å². The summed E-state index contributed by atoms with van der Waals surface area (Å²) < 4.78 is 0. The van der Waals surface area contributed by atoms with Crippen LogP contribution in [-0.2, 0) is 6.42 Å². The van der Waals surface area contributed by atoms with Crippen molar-refractivity contribution in [2.24, 2.45) is 5.73 Å². The number of nitrogens with two attached hydrogens (primary N) is 1. The molecule has 1 atom stereocenters. The first-order valence-corrected chi connectivity index (χ1v) is 6.50. The van der Waals surface area contributed by atoms with Crippen molar-refractivity contribution >= 4 is 23.1 Å². The third-order valence-corrected chi connectivity index (χ3v) is 3.57. The van der Waals surface area contributed by atoms with Gasteiger partial charge in [0.2, 0.25) is 0 Å². The van der Waals surface area contributed by atoms with Crippen LogP contribution in [0.5, 0.6) is 0 Å². The number of nitrogens with zero attached hydrogens (tertiary/aromatic N) is 1. The zero-order valence-corrected chi connectivity index (χ0v) is 9.75. The fourth-order valence-corrected chi connectivity index (χ4v) is 2.38. The van der Waals surface area contributed by atoms with Gasteiger partial charge in [-0.25, -0.2) is 4.98 Å². The highest BCUT2D eigenvalue weighted by Crippen LogP contribution is 2.11. The van der Waals surface area contributed by atoms with Gasteiger partial charge in [-0.1, -0.05) is 6.92 Å². The second-order valence-corrected chi connectivity index (χ2v) is 5.36. The van der Waals surface area contributed by atoms with Crippen LogP contribution in [-0.4, -0.2) is 22.5 Å². The van der Waals surface area contributed by atoms with Gasteiger partial charge >= 0.3 is 0 Å². The van der Waals surface area contributed by atoms with Crippen LogP contribution in [0.25, 0.3) is 0 Å². The van der Waals surface area contributed by atoms with E-state index < -0.39 is 0 Å².